The van der Waals surface area contributed by atoms with Crippen LogP contribution in [0, 0.1) is 5.82 Å². The number of aromatic nitrogens is 2. The van der Waals surface area contributed by atoms with E-state index in [2.05, 4.69) is 15.3 Å². The Bertz CT molecular complexity index is 1020. The largest absolute Gasteiger partial charge is 0.372 e. The summed E-state index contributed by atoms with van der Waals surface area (Å²) >= 11 is 0. The lowest BCUT2D eigenvalue weighted by Crippen LogP contribution is -2.45. The fourth-order valence-corrected chi connectivity index (χ4v) is 3.48. The third-order valence-corrected chi connectivity index (χ3v) is 4.65. The van der Waals surface area contributed by atoms with E-state index in [1.54, 1.807) is 18.2 Å². The minimum absolute atomic E-state index is 0.0361. The van der Waals surface area contributed by atoms with Crippen molar-refractivity contribution in [3.05, 3.63) is 60.2 Å². The maximum Gasteiger partial charge on any atom is 0.275 e. The van der Waals surface area contributed by atoms with Crippen LogP contribution in [0.15, 0.2) is 48.7 Å². The summed E-state index contributed by atoms with van der Waals surface area (Å²) in [6.45, 7) is 5.19. The zero-order valence-electron chi connectivity index (χ0n) is 15.7. The minimum atomic E-state index is -0.431. The van der Waals surface area contributed by atoms with E-state index in [0.29, 0.717) is 35.5 Å². The molecule has 28 heavy (non-hydrogen) atoms. The van der Waals surface area contributed by atoms with E-state index in [1.165, 1.54) is 12.3 Å². The lowest BCUT2D eigenvalue weighted by Gasteiger charge is -2.37. The molecule has 1 aromatic heterocycles. The molecule has 0 saturated carbocycles. The number of morpholine rings is 1. The molecule has 1 amide bonds. The average Bonchev–Trinajstić information content (AvgIpc) is 2.67. The second-order valence-corrected chi connectivity index (χ2v) is 7.03. The number of carbonyl (C=O) groups excluding carboxylic acids is 1. The molecule has 0 bridgehead atoms. The Balaban J connectivity index is 1.51. The van der Waals surface area contributed by atoms with Crippen LogP contribution in [0.1, 0.15) is 24.3 Å². The number of rotatable bonds is 3. The molecule has 1 fully saturated rings. The molecule has 0 aliphatic carbocycles. The zero-order chi connectivity index (χ0) is 19.7. The second kappa shape index (κ2) is 7.52. The van der Waals surface area contributed by atoms with Crippen molar-refractivity contribution in [3.63, 3.8) is 0 Å². The molecule has 0 spiro atoms. The number of nitrogens with one attached hydrogen (secondary N) is 1. The first kappa shape index (κ1) is 18.3. The van der Waals surface area contributed by atoms with Crippen LogP contribution >= 0.6 is 0 Å². The van der Waals surface area contributed by atoms with Gasteiger partial charge in [-0.2, -0.15) is 0 Å². The average molecular weight is 380 g/mol. The second-order valence-electron chi connectivity index (χ2n) is 7.03. The van der Waals surface area contributed by atoms with Gasteiger partial charge >= 0.3 is 0 Å². The Morgan fingerprint density at radius 3 is 2.57 bits per heavy atom. The van der Waals surface area contributed by atoms with E-state index in [-0.39, 0.29) is 23.7 Å². The van der Waals surface area contributed by atoms with Crippen LogP contribution in [0.2, 0.25) is 0 Å². The summed E-state index contributed by atoms with van der Waals surface area (Å²) in [5, 5.41) is 2.69. The molecule has 1 saturated heterocycles. The number of benzene rings is 2. The molecule has 4 rings (SSSR count). The maximum absolute atomic E-state index is 14.7. The standard InChI is InChI=1S/C21H21FN4O2/c1-13-11-26(12-14(2)28-13)20-8-7-15(9-16(20)22)24-21(27)19-10-23-17-5-3-4-6-18(17)25-19/h3-10,13-14H,11-12H2,1-2H3,(H,24,27)/t13-,14+. The van der Waals surface area contributed by atoms with Gasteiger partial charge in [0, 0.05) is 18.8 Å². The highest BCUT2D eigenvalue weighted by molar-refractivity contribution is 6.03. The van der Waals surface area contributed by atoms with Crippen LogP contribution in [0.3, 0.4) is 0 Å². The van der Waals surface area contributed by atoms with Crippen LogP contribution in [0.4, 0.5) is 15.8 Å². The highest BCUT2D eigenvalue weighted by Gasteiger charge is 2.24. The highest BCUT2D eigenvalue weighted by atomic mass is 19.1. The van der Waals surface area contributed by atoms with Gasteiger partial charge in [0.15, 0.2) is 0 Å². The molecule has 1 aliphatic heterocycles. The molecule has 3 aromatic rings. The van der Waals surface area contributed by atoms with Gasteiger partial charge in [0.1, 0.15) is 11.5 Å². The van der Waals surface area contributed by atoms with Gasteiger partial charge in [-0.1, -0.05) is 12.1 Å². The highest BCUT2D eigenvalue weighted by Crippen LogP contribution is 2.26. The van der Waals surface area contributed by atoms with Crippen molar-refractivity contribution in [3.8, 4) is 0 Å². The quantitative estimate of drug-likeness (QED) is 0.752. The van der Waals surface area contributed by atoms with Gasteiger partial charge in [-0.3, -0.25) is 9.78 Å². The lowest BCUT2D eigenvalue weighted by atomic mass is 10.2. The fraction of sp³-hybridized carbons (Fsp3) is 0.286. The molecule has 1 aliphatic rings. The van der Waals surface area contributed by atoms with Crippen LogP contribution < -0.4 is 10.2 Å². The summed E-state index contributed by atoms with van der Waals surface area (Å²) in [5.74, 6) is -0.817. The van der Waals surface area contributed by atoms with E-state index in [9.17, 15) is 9.18 Å². The van der Waals surface area contributed by atoms with Gasteiger partial charge in [-0.15, -0.1) is 0 Å². The monoisotopic (exact) mass is 380 g/mol. The lowest BCUT2D eigenvalue weighted by molar-refractivity contribution is -0.00539. The molecular weight excluding hydrogens is 359 g/mol. The number of ether oxygens (including phenoxy) is 1. The third kappa shape index (κ3) is 3.80. The van der Waals surface area contributed by atoms with Gasteiger partial charge in [0.25, 0.3) is 5.91 Å². The van der Waals surface area contributed by atoms with Crippen LogP contribution in [0.5, 0.6) is 0 Å². The molecule has 6 nitrogen and oxygen atoms in total. The van der Waals surface area contributed by atoms with Crippen molar-refractivity contribution >= 4 is 28.3 Å². The number of fused-ring (bicyclic) bond motifs is 1. The van der Waals surface area contributed by atoms with Crippen LogP contribution in [0.25, 0.3) is 11.0 Å². The topological polar surface area (TPSA) is 67.4 Å². The number of hydrogen-bond donors (Lipinski definition) is 1. The smallest absolute Gasteiger partial charge is 0.275 e. The van der Waals surface area contributed by atoms with E-state index in [1.807, 2.05) is 36.9 Å². The Morgan fingerprint density at radius 2 is 1.86 bits per heavy atom. The molecule has 2 aromatic carbocycles. The summed E-state index contributed by atoms with van der Waals surface area (Å²) in [6.07, 6.45) is 1.49. The van der Waals surface area contributed by atoms with Gasteiger partial charge in [0.05, 0.1) is 35.1 Å². The van der Waals surface area contributed by atoms with Crippen LogP contribution in [-0.2, 0) is 4.74 Å². The fourth-order valence-electron chi connectivity index (χ4n) is 3.48. The molecule has 2 atom stereocenters. The van der Waals surface area contributed by atoms with E-state index < -0.39 is 5.91 Å². The minimum Gasteiger partial charge on any atom is -0.372 e. The van der Waals surface area contributed by atoms with Crippen molar-refractivity contribution in [2.45, 2.75) is 26.1 Å². The van der Waals surface area contributed by atoms with Crippen LogP contribution in [-0.4, -0.2) is 41.2 Å². The van der Waals surface area contributed by atoms with E-state index in [4.69, 9.17) is 4.74 Å². The van der Waals surface area contributed by atoms with Crippen molar-refractivity contribution in [2.75, 3.05) is 23.3 Å². The molecular formula is C21H21FN4O2. The molecule has 0 radical (unpaired) electrons. The van der Waals surface area contributed by atoms with E-state index >= 15 is 0 Å². The first-order valence-electron chi connectivity index (χ1n) is 9.22. The Hall–Kier alpha value is -3.06. The Labute approximate surface area is 162 Å². The summed E-state index contributed by atoms with van der Waals surface area (Å²) in [5.41, 5.74) is 2.40. The number of amides is 1. The first-order valence-corrected chi connectivity index (χ1v) is 9.22. The van der Waals surface area contributed by atoms with Crippen molar-refractivity contribution < 1.29 is 13.9 Å². The van der Waals surface area contributed by atoms with Crippen molar-refractivity contribution in [1.29, 1.82) is 0 Å². The maximum atomic E-state index is 14.7. The molecule has 0 unspecified atom stereocenters. The number of carbonyl (C=O) groups is 1. The number of para-hydroxylation sites is 2. The van der Waals surface area contributed by atoms with Gasteiger partial charge < -0.3 is 15.0 Å². The van der Waals surface area contributed by atoms with E-state index in [0.717, 1.165) is 0 Å². The molecule has 1 N–H and O–H groups in total. The van der Waals surface area contributed by atoms with Crippen molar-refractivity contribution in [1.82, 2.24) is 9.97 Å². The summed E-state index contributed by atoms with van der Waals surface area (Å²) in [6, 6.07) is 12.0. The molecule has 7 heteroatoms. The normalized spacial score (nSPS) is 19.6. The van der Waals surface area contributed by atoms with Gasteiger partial charge in [-0.25, -0.2) is 9.37 Å². The molecule has 2 heterocycles. The number of nitrogens with zero attached hydrogens (tertiary/aromatic N) is 3. The van der Waals surface area contributed by atoms with Crippen molar-refractivity contribution in [2.24, 2.45) is 0 Å². The first-order chi connectivity index (χ1) is 13.5. The predicted molar refractivity (Wildman–Crippen MR) is 106 cm³/mol. The zero-order valence-corrected chi connectivity index (χ0v) is 15.7. The summed E-state index contributed by atoms with van der Waals surface area (Å²) in [4.78, 5) is 23.0. The Kier molecular flexibility index (Phi) is 4.92. The Morgan fingerprint density at radius 1 is 1.14 bits per heavy atom. The summed E-state index contributed by atoms with van der Waals surface area (Å²) < 4.78 is 20.4. The number of halogens is 1. The number of hydrogen-bond acceptors (Lipinski definition) is 5. The van der Waals surface area contributed by atoms with Gasteiger partial charge in [-0.05, 0) is 44.2 Å². The summed E-state index contributed by atoms with van der Waals surface area (Å²) in [7, 11) is 0. The predicted octanol–water partition coefficient (Wildman–Crippen LogP) is 3.63. The molecule has 144 valence electrons. The van der Waals surface area contributed by atoms with Gasteiger partial charge in [0.2, 0.25) is 0 Å². The SMILES string of the molecule is C[C@@H]1CN(c2ccc(NC(=O)c3cnc4ccccc4n3)cc2F)C[C@H](C)O1. The third-order valence-electron chi connectivity index (χ3n) is 4.65. The number of anilines is 2.